The van der Waals surface area contributed by atoms with E-state index in [1.807, 2.05) is 13.1 Å². The van der Waals surface area contributed by atoms with Crippen LogP contribution in [0.15, 0.2) is 22.8 Å². The highest BCUT2D eigenvalue weighted by Crippen LogP contribution is 2.40. The highest BCUT2D eigenvalue weighted by atomic mass is 16.3. The summed E-state index contributed by atoms with van der Waals surface area (Å²) in [5, 5.41) is 3.40. The lowest BCUT2D eigenvalue weighted by Gasteiger charge is -2.21. The Hall–Kier alpha value is -0.760. The third kappa shape index (κ3) is 2.25. The van der Waals surface area contributed by atoms with Crippen molar-refractivity contribution in [3.63, 3.8) is 0 Å². The molecule has 0 aromatic carbocycles. The van der Waals surface area contributed by atoms with E-state index < -0.39 is 0 Å². The van der Waals surface area contributed by atoms with Gasteiger partial charge in [-0.3, -0.25) is 0 Å². The van der Waals surface area contributed by atoms with E-state index in [0.717, 1.165) is 17.6 Å². The molecule has 2 heteroatoms. The maximum Gasteiger partial charge on any atom is 0.120 e. The van der Waals surface area contributed by atoms with Gasteiger partial charge >= 0.3 is 0 Å². The largest absolute Gasteiger partial charge is 0.468 e. The van der Waals surface area contributed by atoms with E-state index in [9.17, 15) is 0 Å². The molecule has 0 spiro atoms. The van der Waals surface area contributed by atoms with Gasteiger partial charge in [0.1, 0.15) is 5.76 Å². The Morgan fingerprint density at radius 3 is 2.93 bits per heavy atom. The molecule has 3 unspecified atom stereocenters. The summed E-state index contributed by atoms with van der Waals surface area (Å²) in [6.45, 7) is 2.30. The Morgan fingerprint density at radius 1 is 1.53 bits per heavy atom. The van der Waals surface area contributed by atoms with Gasteiger partial charge in [0.05, 0.1) is 12.3 Å². The number of nitrogens with one attached hydrogen (secondary N) is 1. The van der Waals surface area contributed by atoms with Crippen LogP contribution in [0.25, 0.3) is 0 Å². The lowest BCUT2D eigenvalue weighted by molar-refractivity contribution is 0.319. The standard InChI is InChI=1S/C13H21NO/c1-3-10-6-7-11(9-10)13(14-2)12-5-4-8-15-12/h4-5,8,10-11,13-14H,3,6-7,9H2,1-2H3. The Balaban J connectivity index is 2.02. The second-order valence-corrected chi connectivity index (χ2v) is 4.63. The fraction of sp³-hybridized carbons (Fsp3) is 0.692. The van der Waals surface area contributed by atoms with Crippen LogP contribution in [-0.2, 0) is 0 Å². The molecule has 1 aliphatic rings. The molecule has 15 heavy (non-hydrogen) atoms. The van der Waals surface area contributed by atoms with E-state index >= 15 is 0 Å². The maximum absolute atomic E-state index is 5.51. The minimum absolute atomic E-state index is 0.413. The molecule has 2 nitrogen and oxygen atoms in total. The van der Waals surface area contributed by atoms with Crippen LogP contribution in [0.2, 0.25) is 0 Å². The van der Waals surface area contributed by atoms with Gasteiger partial charge in [-0.25, -0.2) is 0 Å². The molecule has 0 saturated heterocycles. The van der Waals surface area contributed by atoms with Crippen molar-refractivity contribution in [3.05, 3.63) is 24.2 Å². The molecule has 1 fully saturated rings. The van der Waals surface area contributed by atoms with E-state index in [4.69, 9.17) is 4.42 Å². The second-order valence-electron chi connectivity index (χ2n) is 4.63. The van der Waals surface area contributed by atoms with Gasteiger partial charge in [-0.2, -0.15) is 0 Å². The van der Waals surface area contributed by atoms with Gasteiger partial charge in [0.15, 0.2) is 0 Å². The normalized spacial score (nSPS) is 28.1. The lowest BCUT2D eigenvalue weighted by atomic mass is 9.94. The summed E-state index contributed by atoms with van der Waals surface area (Å²) >= 11 is 0. The molecule has 84 valence electrons. The minimum atomic E-state index is 0.413. The molecule has 1 N–H and O–H groups in total. The minimum Gasteiger partial charge on any atom is -0.468 e. The summed E-state index contributed by atoms with van der Waals surface area (Å²) in [6.07, 6.45) is 7.17. The third-order valence-electron chi connectivity index (χ3n) is 3.79. The number of rotatable bonds is 4. The number of furan rings is 1. The van der Waals surface area contributed by atoms with Gasteiger partial charge in [0, 0.05) is 0 Å². The molecule has 0 radical (unpaired) electrons. The fourth-order valence-electron chi connectivity index (χ4n) is 2.87. The first-order valence-corrected chi connectivity index (χ1v) is 6.05. The summed E-state index contributed by atoms with van der Waals surface area (Å²) < 4.78 is 5.51. The Bertz CT molecular complexity index is 281. The zero-order valence-corrected chi connectivity index (χ0v) is 9.70. The van der Waals surface area contributed by atoms with Crippen LogP contribution in [-0.4, -0.2) is 7.05 Å². The number of hydrogen-bond donors (Lipinski definition) is 1. The van der Waals surface area contributed by atoms with E-state index in [0.29, 0.717) is 6.04 Å². The molecule has 1 aliphatic carbocycles. The summed E-state index contributed by atoms with van der Waals surface area (Å²) in [5.41, 5.74) is 0. The molecule has 0 aliphatic heterocycles. The van der Waals surface area contributed by atoms with Crippen molar-refractivity contribution >= 4 is 0 Å². The molecule has 3 atom stereocenters. The van der Waals surface area contributed by atoms with Gasteiger partial charge < -0.3 is 9.73 Å². The van der Waals surface area contributed by atoms with Crippen molar-refractivity contribution in [2.24, 2.45) is 11.8 Å². The molecular formula is C13H21NO. The predicted octanol–water partition coefficient (Wildman–Crippen LogP) is 3.37. The SMILES string of the molecule is CCC1CCC(C(NC)c2ccco2)C1. The van der Waals surface area contributed by atoms with Crippen LogP contribution < -0.4 is 5.32 Å². The average molecular weight is 207 g/mol. The second kappa shape index (κ2) is 4.84. The summed E-state index contributed by atoms with van der Waals surface area (Å²) in [6, 6.07) is 4.48. The van der Waals surface area contributed by atoms with Crippen molar-refractivity contribution in [3.8, 4) is 0 Å². The van der Waals surface area contributed by atoms with Gasteiger partial charge in [-0.05, 0) is 43.9 Å². The Labute approximate surface area is 92.1 Å². The molecule has 1 aromatic rings. The van der Waals surface area contributed by atoms with Crippen LogP contribution in [0.4, 0.5) is 0 Å². The smallest absolute Gasteiger partial charge is 0.120 e. The first kappa shape index (κ1) is 10.7. The third-order valence-corrected chi connectivity index (χ3v) is 3.79. The molecule has 0 bridgehead atoms. The summed E-state index contributed by atoms with van der Waals surface area (Å²) in [4.78, 5) is 0. The van der Waals surface area contributed by atoms with Gasteiger partial charge in [-0.15, -0.1) is 0 Å². The van der Waals surface area contributed by atoms with Crippen molar-refractivity contribution in [2.75, 3.05) is 7.05 Å². The Morgan fingerprint density at radius 2 is 2.40 bits per heavy atom. The lowest BCUT2D eigenvalue weighted by Crippen LogP contribution is -2.23. The van der Waals surface area contributed by atoms with Crippen molar-refractivity contribution in [2.45, 2.75) is 38.6 Å². The molecular weight excluding hydrogens is 186 g/mol. The molecule has 0 amide bonds. The van der Waals surface area contributed by atoms with E-state index in [-0.39, 0.29) is 0 Å². The maximum atomic E-state index is 5.51. The van der Waals surface area contributed by atoms with Crippen molar-refractivity contribution < 1.29 is 4.42 Å². The van der Waals surface area contributed by atoms with Gasteiger partial charge in [0.2, 0.25) is 0 Å². The van der Waals surface area contributed by atoms with E-state index in [1.54, 1.807) is 6.26 Å². The highest BCUT2D eigenvalue weighted by Gasteiger charge is 2.31. The van der Waals surface area contributed by atoms with Crippen LogP contribution >= 0.6 is 0 Å². The zero-order valence-electron chi connectivity index (χ0n) is 9.70. The van der Waals surface area contributed by atoms with Crippen molar-refractivity contribution in [1.82, 2.24) is 5.32 Å². The Kier molecular flexibility index (Phi) is 3.47. The highest BCUT2D eigenvalue weighted by molar-refractivity contribution is 5.06. The molecule has 2 rings (SSSR count). The first-order chi connectivity index (χ1) is 7.35. The summed E-state index contributed by atoms with van der Waals surface area (Å²) in [7, 11) is 2.03. The van der Waals surface area contributed by atoms with E-state index in [1.165, 1.54) is 25.7 Å². The van der Waals surface area contributed by atoms with Crippen molar-refractivity contribution in [1.29, 1.82) is 0 Å². The van der Waals surface area contributed by atoms with Crippen LogP contribution in [0.3, 0.4) is 0 Å². The van der Waals surface area contributed by atoms with Crippen LogP contribution in [0, 0.1) is 11.8 Å². The first-order valence-electron chi connectivity index (χ1n) is 6.05. The predicted molar refractivity (Wildman–Crippen MR) is 61.6 cm³/mol. The fourth-order valence-corrected chi connectivity index (χ4v) is 2.87. The van der Waals surface area contributed by atoms with Gasteiger partial charge in [0.25, 0.3) is 0 Å². The quantitative estimate of drug-likeness (QED) is 0.819. The monoisotopic (exact) mass is 207 g/mol. The zero-order chi connectivity index (χ0) is 10.7. The van der Waals surface area contributed by atoms with E-state index in [2.05, 4.69) is 18.3 Å². The van der Waals surface area contributed by atoms with Crippen LogP contribution in [0.1, 0.15) is 44.4 Å². The molecule has 1 saturated carbocycles. The topological polar surface area (TPSA) is 25.2 Å². The van der Waals surface area contributed by atoms with Crippen LogP contribution in [0.5, 0.6) is 0 Å². The molecule has 1 aromatic heterocycles. The average Bonchev–Trinajstić information content (AvgIpc) is 2.89. The molecule has 1 heterocycles. The number of hydrogen-bond acceptors (Lipinski definition) is 2. The summed E-state index contributed by atoms with van der Waals surface area (Å²) in [5.74, 6) is 2.78. The van der Waals surface area contributed by atoms with Gasteiger partial charge in [-0.1, -0.05) is 19.8 Å².